The summed E-state index contributed by atoms with van der Waals surface area (Å²) in [7, 11) is -3.67. The summed E-state index contributed by atoms with van der Waals surface area (Å²) in [6, 6.07) is 4.38. The molecule has 0 fully saturated rings. The monoisotopic (exact) mass is 266 g/mol. The SMILES string of the molecule is CS(=O)(=O)O.N=C(N)c1ccc(O)c(Cl)c1. The number of phenols is 1. The Balaban J connectivity index is 0.000000385. The number of nitrogen functional groups attached to an aromatic ring is 1. The first-order valence-electron chi connectivity index (χ1n) is 3.86. The number of hydrogen-bond donors (Lipinski definition) is 4. The van der Waals surface area contributed by atoms with Crippen molar-refractivity contribution in [1.29, 1.82) is 5.41 Å². The molecule has 0 aliphatic carbocycles. The molecule has 0 saturated carbocycles. The molecule has 0 aromatic heterocycles. The van der Waals surface area contributed by atoms with Gasteiger partial charge in [-0.3, -0.25) is 9.96 Å². The smallest absolute Gasteiger partial charge is 0.261 e. The Hall–Kier alpha value is -1.31. The van der Waals surface area contributed by atoms with Gasteiger partial charge in [0.05, 0.1) is 11.3 Å². The van der Waals surface area contributed by atoms with Crippen molar-refractivity contribution in [3.63, 3.8) is 0 Å². The summed E-state index contributed by atoms with van der Waals surface area (Å²) in [5.41, 5.74) is 5.68. The van der Waals surface area contributed by atoms with Crippen LogP contribution in [0.2, 0.25) is 5.02 Å². The molecule has 1 rings (SSSR count). The fourth-order valence-corrected chi connectivity index (χ4v) is 0.855. The van der Waals surface area contributed by atoms with Crippen molar-refractivity contribution < 1.29 is 18.1 Å². The predicted octanol–water partition coefficient (Wildman–Crippen LogP) is 0.834. The molecule has 1 aromatic rings. The van der Waals surface area contributed by atoms with E-state index in [-0.39, 0.29) is 16.6 Å². The zero-order chi connectivity index (χ0) is 12.9. The fourth-order valence-electron chi connectivity index (χ4n) is 0.674. The Labute approximate surface area is 97.9 Å². The minimum atomic E-state index is -3.67. The molecule has 1 aromatic carbocycles. The first-order valence-corrected chi connectivity index (χ1v) is 6.09. The van der Waals surface area contributed by atoms with Gasteiger partial charge in [0.2, 0.25) is 0 Å². The predicted molar refractivity (Wildman–Crippen MR) is 61.6 cm³/mol. The van der Waals surface area contributed by atoms with E-state index in [1.165, 1.54) is 18.2 Å². The van der Waals surface area contributed by atoms with E-state index in [2.05, 4.69) is 0 Å². The Morgan fingerprint density at radius 1 is 1.50 bits per heavy atom. The first kappa shape index (κ1) is 14.7. The van der Waals surface area contributed by atoms with Crippen molar-refractivity contribution >= 4 is 27.6 Å². The number of nitrogens with one attached hydrogen (secondary N) is 1. The van der Waals surface area contributed by atoms with Gasteiger partial charge in [0.15, 0.2) is 0 Å². The molecule has 8 heteroatoms. The highest BCUT2D eigenvalue weighted by molar-refractivity contribution is 7.85. The summed E-state index contributed by atoms with van der Waals surface area (Å²) in [5.74, 6) is -0.0661. The van der Waals surface area contributed by atoms with Gasteiger partial charge >= 0.3 is 0 Å². The van der Waals surface area contributed by atoms with Gasteiger partial charge in [-0.15, -0.1) is 0 Å². The van der Waals surface area contributed by atoms with Crippen LogP contribution in [0.3, 0.4) is 0 Å². The number of rotatable bonds is 1. The average molecular weight is 267 g/mol. The number of amidine groups is 1. The maximum absolute atomic E-state index is 9.19. The van der Waals surface area contributed by atoms with Crippen LogP contribution >= 0.6 is 11.6 Å². The molecular weight excluding hydrogens is 256 g/mol. The van der Waals surface area contributed by atoms with Crippen LogP contribution in [0.25, 0.3) is 0 Å². The van der Waals surface area contributed by atoms with Crippen LogP contribution in [0.5, 0.6) is 5.75 Å². The van der Waals surface area contributed by atoms with Crippen molar-refractivity contribution in [2.75, 3.05) is 6.26 Å². The second-order valence-electron chi connectivity index (χ2n) is 2.81. The molecule has 0 bridgehead atoms. The lowest BCUT2D eigenvalue weighted by molar-refractivity contribution is 0.475. The standard InChI is InChI=1S/C7H7ClN2O.CH4O3S/c8-5-3-4(7(9)10)1-2-6(5)11;1-5(2,3)4/h1-3,11H,(H3,9,10);1H3,(H,2,3,4). The first-order chi connectivity index (χ1) is 7.11. The summed E-state index contributed by atoms with van der Waals surface area (Å²) in [4.78, 5) is 0. The molecule has 0 spiro atoms. The third-order valence-corrected chi connectivity index (χ3v) is 1.56. The third kappa shape index (κ3) is 7.04. The van der Waals surface area contributed by atoms with Crippen LogP contribution in [-0.2, 0) is 10.1 Å². The molecule has 5 N–H and O–H groups in total. The van der Waals surface area contributed by atoms with Gasteiger partial charge in [-0.05, 0) is 18.2 Å². The van der Waals surface area contributed by atoms with E-state index in [0.29, 0.717) is 11.8 Å². The van der Waals surface area contributed by atoms with Crippen LogP contribution in [0.1, 0.15) is 5.56 Å². The lowest BCUT2D eigenvalue weighted by Crippen LogP contribution is -2.10. The second-order valence-corrected chi connectivity index (χ2v) is 4.69. The number of halogens is 1. The van der Waals surface area contributed by atoms with Gasteiger partial charge in [0.25, 0.3) is 10.1 Å². The normalized spacial score (nSPS) is 10.2. The highest BCUT2D eigenvalue weighted by Gasteiger charge is 2.00. The number of phenolic OH excluding ortho intramolecular Hbond substituents is 1. The zero-order valence-electron chi connectivity index (χ0n) is 8.31. The molecule has 90 valence electrons. The molecule has 16 heavy (non-hydrogen) atoms. The van der Waals surface area contributed by atoms with Crippen LogP contribution in [0.15, 0.2) is 18.2 Å². The van der Waals surface area contributed by atoms with Crippen molar-refractivity contribution in [1.82, 2.24) is 0 Å². The lowest BCUT2D eigenvalue weighted by Gasteiger charge is -1.99. The van der Waals surface area contributed by atoms with Gasteiger partial charge < -0.3 is 10.8 Å². The van der Waals surface area contributed by atoms with E-state index in [1.54, 1.807) is 0 Å². The summed E-state index contributed by atoms with van der Waals surface area (Å²) >= 11 is 5.56. The molecule has 0 saturated heterocycles. The Morgan fingerprint density at radius 3 is 2.25 bits per heavy atom. The Kier molecular flexibility index (Phi) is 5.22. The molecule has 0 heterocycles. The summed E-state index contributed by atoms with van der Waals surface area (Å²) < 4.78 is 25.9. The van der Waals surface area contributed by atoms with Crippen LogP contribution in [-0.4, -0.2) is 30.2 Å². The number of hydrogen-bond acceptors (Lipinski definition) is 4. The summed E-state index contributed by atoms with van der Waals surface area (Å²) in [6.07, 6.45) is 0.715. The highest BCUT2D eigenvalue weighted by atomic mass is 35.5. The van der Waals surface area contributed by atoms with E-state index in [1.807, 2.05) is 0 Å². The molecule has 0 aliphatic heterocycles. The molecule has 0 radical (unpaired) electrons. The summed E-state index contributed by atoms with van der Waals surface area (Å²) in [6.45, 7) is 0. The van der Waals surface area contributed by atoms with E-state index in [9.17, 15) is 8.42 Å². The van der Waals surface area contributed by atoms with E-state index < -0.39 is 10.1 Å². The van der Waals surface area contributed by atoms with Crippen LogP contribution < -0.4 is 5.73 Å². The van der Waals surface area contributed by atoms with E-state index in [4.69, 9.17) is 32.4 Å². The van der Waals surface area contributed by atoms with E-state index >= 15 is 0 Å². The number of aromatic hydroxyl groups is 1. The number of benzene rings is 1. The highest BCUT2D eigenvalue weighted by Crippen LogP contribution is 2.23. The average Bonchev–Trinajstić information content (AvgIpc) is 2.06. The molecule has 0 unspecified atom stereocenters. The van der Waals surface area contributed by atoms with Crippen molar-refractivity contribution in [2.45, 2.75) is 0 Å². The number of nitrogens with two attached hydrogens (primary N) is 1. The zero-order valence-corrected chi connectivity index (χ0v) is 9.88. The maximum Gasteiger partial charge on any atom is 0.261 e. The minimum Gasteiger partial charge on any atom is -0.506 e. The largest absolute Gasteiger partial charge is 0.506 e. The van der Waals surface area contributed by atoms with E-state index in [0.717, 1.165) is 0 Å². The Bertz CT molecular complexity index is 479. The van der Waals surface area contributed by atoms with Gasteiger partial charge in [-0.1, -0.05) is 11.6 Å². The molecule has 6 nitrogen and oxygen atoms in total. The Morgan fingerprint density at radius 2 is 1.94 bits per heavy atom. The minimum absolute atomic E-state index is 0.00309. The topological polar surface area (TPSA) is 124 Å². The van der Waals surface area contributed by atoms with Gasteiger partial charge in [-0.2, -0.15) is 8.42 Å². The summed E-state index contributed by atoms with van der Waals surface area (Å²) in [5, 5.41) is 16.2. The van der Waals surface area contributed by atoms with Gasteiger partial charge in [0, 0.05) is 5.56 Å². The maximum atomic E-state index is 9.19. The molecule has 0 atom stereocenters. The second kappa shape index (κ2) is 5.69. The van der Waals surface area contributed by atoms with Crippen LogP contribution in [0, 0.1) is 5.41 Å². The molecule has 0 amide bonds. The van der Waals surface area contributed by atoms with Crippen molar-refractivity contribution in [2.24, 2.45) is 5.73 Å². The van der Waals surface area contributed by atoms with Crippen molar-refractivity contribution in [3.05, 3.63) is 28.8 Å². The fraction of sp³-hybridized carbons (Fsp3) is 0.125. The van der Waals surface area contributed by atoms with Gasteiger partial charge in [-0.25, -0.2) is 0 Å². The lowest BCUT2D eigenvalue weighted by atomic mass is 10.2. The van der Waals surface area contributed by atoms with Gasteiger partial charge in [0.1, 0.15) is 11.6 Å². The van der Waals surface area contributed by atoms with Crippen LogP contribution in [0.4, 0.5) is 0 Å². The van der Waals surface area contributed by atoms with Crippen molar-refractivity contribution in [3.8, 4) is 5.75 Å². The molecular formula is C8H11ClN2O4S. The third-order valence-electron chi connectivity index (χ3n) is 1.26. The quantitative estimate of drug-likeness (QED) is 0.340. The molecule has 0 aliphatic rings.